The van der Waals surface area contributed by atoms with Crippen LogP contribution in [-0.4, -0.2) is 11.2 Å². The standard InChI is InChI=1S/C29H48O/c1-7-21(19(2)3)12-11-20(4)24-15-16-25-23-14-13-22-9-8-10-27(30)29(22,6)26(23)17-18-28(24,25)5/h13,20-21,23-27,30H,2,7-12,14-18H2,1,3-6H3/t20-,21-,23+,24-,25+,26+,27?,28-,29+/m1/s1. The molecule has 170 valence electrons. The van der Waals surface area contributed by atoms with Gasteiger partial charge in [-0.1, -0.05) is 51.5 Å². The number of aliphatic hydroxyl groups excluding tert-OH is 1. The zero-order valence-corrected chi connectivity index (χ0v) is 20.6. The molecule has 1 heteroatoms. The minimum absolute atomic E-state index is 0.0715. The van der Waals surface area contributed by atoms with Gasteiger partial charge in [0.1, 0.15) is 0 Å². The molecule has 0 heterocycles. The van der Waals surface area contributed by atoms with Crippen LogP contribution in [0.2, 0.25) is 0 Å². The lowest BCUT2D eigenvalue weighted by molar-refractivity contribution is -0.0930. The van der Waals surface area contributed by atoms with Crippen LogP contribution in [0.5, 0.6) is 0 Å². The monoisotopic (exact) mass is 412 g/mol. The predicted molar refractivity (Wildman–Crippen MR) is 128 cm³/mol. The number of hydrogen-bond acceptors (Lipinski definition) is 1. The Morgan fingerprint density at radius 3 is 2.63 bits per heavy atom. The van der Waals surface area contributed by atoms with Gasteiger partial charge in [0, 0.05) is 5.41 Å². The van der Waals surface area contributed by atoms with Crippen LogP contribution in [0, 0.1) is 46.3 Å². The summed E-state index contributed by atoms with van der Waals surface area (Å²) >= 11 is 0. The first-order valence-corrected chi connectivity index (χ1v) is 13.3. The van der Waals surface area contributed by atoms with Crippen molar-refractivity contribution in [2.45, 2.75) is 111 Å². The Balaban J connectivity index is 1.50. The van der Waals surface area contributed by atoms with Crippen LogP contribution in [0.25, 0.3) is 0 Å². The summed E-state index contributed by atoms with van der Waals surface area (Å²) in [4.78, 5) is 0. The highest BCUT2D eigenvalue weighted by molar-refractivity contribution is 5.26. The smallest absolute Gasteiger partial charge is 0.0633 e. The molecule has 0 aromatic carbocycles. The van der Waals surface area contributed by atoms with Gasteiger partial charge in [-0.15, -0.1) is 0 Å². The zero-order valence-electron chi connectivity index (χ0n) is 20.6. The van der Waals surface area contributed by atoms with E-state index >= 15 is 0 Å². The van der Waals surface area contributed by atoms with Crippen molar-refractivity contribution in [2.75, 3.05) is 0 Å². The number of rotatable bonds is 6. The fraction of sp³-hybridized carbons (Fsp3) is 0.862. The first-order chi connectivity index (χ1) is 14.2. The average molecular weight is 413 g/mol. The van der Waals surface area contributed by atoms with E-state index in [2.05, 4.69) is 47.3 Å². The minimum Gasteiger partial charge on any atom is -0.392 e. The van der Waals surface area contributed by atoms with Gasteiger partial charge in [0.25, 0.3) is 0 Å². The Morgan fingerprint density at radius 1 is 1.17 bits per heavy atom. The van der Waals surface area contributed by atoms with E-state index in [1.165, 1.54) is 69.8 Å². The summed E-state index contributed by atoms with van der Waals surface area (Å²) in [6.07, 6.45) is 16.7. The summed E-state index contributed by atoms with van der Waals surface area (Å²) in [6, 6.07) is 0. The van der Waals surface area contributed by atoms with Gasteiger partial charge < -0.3 is 5.11 Å². The summed E-state index contributed by atoms with van der Waals surface area (Å²) < 4.78 is 0. The molecular weight excluding hydrogens is 364 g/mol. The molecule has 4 rings (SSSR count). The fourth-order valence-corrected chi connectivity index (χ4v) is 9.15. The highest BCUT2D eigenvalue weighted by Gasteiger charge is 2.60. The Morgan fingerprint density at radius 2 is 1.93 bits per heavy atom. The largest absolute Gasteiger partial charge is 0.392 e. The topological polar surface area (TPSA) is 20.2 Å². The molecule has 1 N–H and O–H groups in total. The van der Waals surface area contributed by atoms with Gasteiger partial charge in [-0.3, -0.25) is 0 Å². The van der Waals surface area contributed by atoms with Crippen molar-refractivity contribution in [3.63, 3.8) is 0 Å². The van der Waals surface area contributed by atoms with E-state index in [0.29, 0.717) is 17.3 Å². The molecule has 9 atom stereocenters. The Bertz CT molecular complexity index is 676. The normalized spacial score (nSPS) is 45.0. The first-order valence-electron chi connectivity index (χ1n) is 13.3. The minimum atomic E-state index is -0.112. The molecule has 1 unspecified atom stereocenters. The van der Waals surface area contributed by atoms with E-state index in [1.807, 2.05) is 0 Å². The van der Waals surface area contributed by atoms with Crippen LogP contribution in [0.15, 0.2) is 23.8 Å². The van der Waals surface area contributed by atoms with Crippen LogP contribution < -0.4 is 0 Å². The van der Waals surface area contributed by atoms with Gasteiger partial charge in [0.2, 0.25) is 0 Å². The van der Waals surface area contributed by atoms with Crippen LogP contribution in [0.1, 0.15) is 105 Å². The second kappa shape index (κ2) is 8.42. The third-order valence-electron chi connectivity index (χ3n) is 11.1. The molecule has 0 amide bonds. The van der Waals surface area contributed by atoms with Gasteiger partial charge in [0.15, 0.2) is 0 Å². The van der Waals surface area contributed by atoms with E-state index in [9.17, 15) is 5.11 Å². The maximum absolute atomic E-state index is 11.1. The molecule has 0 radical (unpaired) electrons. The van der Waals surface area contributed by atoms with E-state index < -0.39 is 0 Å². The molecule has 30 heavy (non-hydrogen) atoms. The van der Waals surface area contributed by atoms with Crippen molar-refractivity contribution in [1.82, 2.24) is 0 Å². The summed E-state index contributed by atoms with van der Waals surface area (Å²) in [5.74, 6) is 4.82. The van der Waals surface area contributed by atoms with Crippen molar-refractivity contribution in [1.29, 1.82) is 0 Å². The molecule has 0 spiro atoms. The van der Waals surface area contributed by atoms with Gasteiger partial charge in [-0.25, -0.2) is 0 Å². The highest BCUT2D eigenvalue weighted by atomic mass is 16.3. The first kappa shape index (κ1) is 22.6. The molecule has 0 aliphatic heterocycles. The maximum Gasteiger partial charge on any atom is 0.0633 e. The van der Waals surface area contributed by atoms with Gasteiger partial charge in [-0.2, -0.15) is 0 Å². The Hall–Kier alpha value is -0.560. The lowest BCUT2D eigenvalue weighted by atomic mass is 9.46. The number of hydrogen-bond donors (Lipinski definition) is 1. The summed E-state index contributed by atoms with van der Waals surface area (Å²) in [6.45, 7) is 16.4. The van der Waals surface area contributed by atoms with Crippen LogP contribution in [0.3, 0.4) is 0 Å². The van der Waals surface area contributed by atoms with E-state index in [0.717, 1.165) is 30.1 Å². The highest BCUT2D eigenvalue weighted by Crippen LogP contribution is 2.67. The van der Waals surface area contributed by atoms with Crippen molar-refractivity contribution in [2.24, 2.45) is 46.3 Å². The summed E-state index contributed by atoms with van der Waals surface area (Å²) in [7, 11) is 0. The van der Waals surface area contributed by atoms with Gasteiger partial charge in [-0.05, 0) is 118 Å². The van der Waals surface area contributed by atoms with Gasteiger partial charge >= 0.3 is 0 Å². The summed E-state index contributed by atoms with van der Waals surface area (Å²) in [5, 5.41) is 11.1. The van der Waals surface area contributed by atoms with Crippen LogP contribution in [-0.2, 0) is 0 Å². The molecule has 4 aliphatic carbocycles. The van der Waals surface area contributed by atoms with Crippen molar-refractivity contribution in [3.8, 4) is 0 Å². The third kappa shape index (κ3) is 3.46. The van der Waals surface area contributed by atoms with Gasteiger partial charge in [0.05, 0.1) is 6.10 Å². The third-order valence-corrected chi connectivity index (χ3v) is 11.1. The lowest BCUT2D eigenvalue weighted by Gasteiger charge is -2.59. The molecule has 0 saturated heterocycles. The maximum atomic E-state index is 11.1. The quantitative estimate of drug-likeness (QED) is 0.439. The predicted octanol–water partition coefficient (Wildman–Crippen LogP) is 7.94. The molecule has 0 aromatic heterocycles. The molecular formula is C29H48O. The SMILES string of the molecule is C=C(C)[C@H](CC)CC[C@@H](C)[C@H]1CC[C@H]2[C@@H]3CC=C4CCCC(O)[C@]4(C)[C@H]3CC[C@]12C. The zero-order chi connectivity index (χ0) is 21.7. The number of fused-ring (bicyclic) bond motifs is 5. The van der Waals surface area contributed by atoms with Crippen molar-refractivity contribution in [3.05, 3.63) is 23.8 Å². The molecule has 4 aliphatic rings. The second-order valence-corrected chi connectivity index (χ2v) is 12.3. The number of allylic oxidation sites excluding steroid dienone is 2. The molecule has 0 aromatic rings. The molecule has 0 bridgehead atoms. The number of aliphatic hydroxyl groups is 1. The van der Waals surface area contributed by atoms with E-state index in [4.69, 9.17) is 0 Å². The Labute approximate surface area is 186 Å². The summed E-state index contributed by atoms with van der Waals surface area (Å²) in [5.41, 5.74) is 3.58. The second-order valence-electron chi connectivity index (χ2n) is 12.3. The Kier molecular flexibility index (Phi) is 6.35. The molecule has 3 fully saturated rings. The lowest BCUT2D eigenvalue weighted by Crippen LogP contribution is -2.54. The van der Waals surface area contributed by atoms with Crippen molar-refractivity contribution < 1.29 is 5.11 Å². The van der Waals surface area contributed by atoms with E-state index in [-0.39, 0.29) is 11.5 Å². The van der Waals surface area contributed by atoms with Crippen molar-refractivity contribution >= 4 is 0 Å². The molecule has 1 nitrogen and oxygen atoms in total. The fourth-order valence-electron chi connectivity index (χ4n) is 9.15. The van der Waals surface area contributed by atoms with E-state index in [1.54, 1.807) is 5.57 Å². The molecule has 3 saturated carbocycles. The average Bonchev–Trinajstić information content (AvgIpc) is 3.06. The van der Waals surface area contributed by atoms with Crippen LogP contribution in [0.4, 0.5) is 0 Å². The van der Waals surface area contributed by atoms with Crippen LogP contribution >= 0.6 is 0 Å².